The second-order valence-electron chi connectivity index (χ2n) is 6.70. The fraction of sp³-hybridized carbons (Fsp3) is 0.412. The van der Waals surface area contributed by atoms with Gasteiger partial charge in [-0.3, -0.25) is 4.79 Å². The van der Waals surface area contributed by atoms with E-state index in [1.54, 1.807) is 13.1 Å². The zero-order valence-electron chi connectivity index (χ0n) is 14.1. The maximum Gasteiger partial charge on any atom is 0.340 e. The second-order valence-corrected chi connectivity index (χ2v) is 8.88. The van der Waals surface area contributed by atoms with Crippen LogP contribution in [0.1, 0.15) is 23.7 Å². The summed E-state index contributed by atoms with van der Waals surface area (Å²) in [5.41, 5.74) is 0.477. The van der Waals surface area contributed by atoms with Crippen LogP contribution in [-0.2, 0) is 26.4 Å². The number of hydrogen-bond donors (Lipinski definition) is 1. The van der Waals surface area contributed by atoms with E-state index < -0.39 is 33.9 Å². The molecular formula is C17H20N2O5S. The van der Waals surface area contributed by atoms with Crippen LogP contribution in [0.25, 0.3) is 10.9 Å². The molecule has 0 unspecified atom stereocenters. The topological polar surface area (TPSA) is 94.5 Å². The van der Waals surface area contributed by atoms with Gasteiger partial charge in [-0.25, -0.2) is 13.2 Å². The van der Waals surface area contributed by atoms with Crippen molar-refractivity contribution in [3.63, 3.8) is 0 Å². The van der Waals surface area contributed by atoms with Gasteiger partial charge in [0, 0.05) is 24.1 Å². The van der Waals surface area contributed by atoms with Gasteiger partial charge in [-0.15, -0.1) is 0 Å². The number of benzene rings is 1. The van der Waals surface area contributed by atoms with Crippen molar-refractivity contribution in [3.8, 4) is 0 Å². The molecule has 0 bridgehead atoms. The van der Waals surface area contributed by atoms with Gasteiger partial charge in [-0.05, 0) is 19.4 Å². The SMILES string of the molecule is Cn1cc(C(=O)OCC(=O)N[C@]2(C)CCS(=O)(=O)C2)c2ccccc21. The molecular weight excluding hydrogens is 344 g/mol. The van der Waals surface area contributed by atoms with Gasteiger partial charge in [0.1, 0.15) is 0 Å². The summed E-state index contributed by atoms with van der Waals surface area (Å²) in [6.07, 6.45) is 2.02. The molecule has 1 atom stereocenters. The van der Waals surface area contributed by atoms with Gasteiger partial charge >= 0.3 is 5.97 Å². The van der Waals surface area contributed by atoms with E-state index in [4.69, 9.17) is 4.74 Å². The molecule has 2 heterocycles. The number of rotatable bonds is 4. The molecule has 8 heteroatoms. The van der Waals surface area contributed by atoms with Crippen molar-refractivity contribution in [1.82, 2.24) is 9.88 Å². The van der Waals surface area contributed by atoms with Crippen LogP contribution in [0.4, 0.5) is 0 Å². The number of esters is 1. The minimum absolute atomic E-state index is 0.0551. The van der Waals surface area contributed by atoms with Gasteiger partial charge in [-0.2, -0.15) is 0 Å². The van der Waals surface area contributed by atoms with E-state index >= 15 is 0 Å². The Morgan fingerprint density at radius 1 is 1.32 bits per heavy atom. The third-order valence-electron chi connectivity index (χ3n) is 4.40. The molecule has 7 nitrogen and oxygen atoms in total. The van der Waals surface area contributed by atoms with Crippen LogP contribution >= 0.6 is 0 Å². The lowest BCUT2D eigenvalue weighted by molar-refractivity contribution is -0.125. The zero-order valence-corrected chi connectivity index (χ0v) is 14.9. The quantitative estimate of drug-likeness (QED) is 0.818. The number of aryl methyl sites for hydroxylation is 1. The van der Waals surface area contributed by atoms with Gasteiger partial charge in [0.15, 0.2) is 16.4 Å². The van der Waals surface area contributed by atoms with E-state index in [0.717, 1.165) is 10.9 Å². The summed E-state index contributed by atoms with van der Waals surface area (Å²) >= 11 is 0. The lowest BCUT2D eigenvalue weighted by Crippen LogP contribution is -2.48. The average molecular weight is 364 g/mol. The number of amides is 1. The number of para-hydroxylation sites is 1. The highest BCUT2D eigenvalue weighted by Crippen LogP contribution is 2.23. The van der Waals surface area contributed by atoms with E-state index in [2.05, 4.69) is 5.32 Å². The standard InChI is InChI=1S/C17H20N2O5S/c1-17(7-8-25(22,23)11-17)18-15(20)10-24-16(21)13-9-19(2)14-6-4-3-5-12(13)14/h3-6,9H,7-8,10-11H2,1-2H3,(H,18,20)/t17-/m1/s1. The lowest BCUT2D eigenvalue weighted by Gasteiger charge is -2.23. The van der Waals surface area contributed by atoms with Crippen molar-refractivity contribution in [2.24, 2.45) is 7.05 Å². The number of sulfone groups is 1. The monoisotopic (exact) mass is 364 g/mol. The Hall–Kier alpha value is -2.35. The molecule has 1 saturated heterocycles. The van der Waals surface area contributed by atoms with E-state index in [1.165, 1.54) is 0 Å². The fourth-order valence-corrected chi connectivity index (χ4v) is 5.29. The van der Waals surface area contributed by atoms with Crippen molar-refractivity contribution in [2.45, 2.75) is 18.9 Å². The number of nitrogens with one attached hydrogen (secondary N) is 1. The summed E-state index contributed by atoms with van der Waals surface area (Å²) in [5.74, 6) is -1.13. The Kier molecular flexibility index (Phi) is 4.32. The fourth-order valence-electron chi connectivity index (χ4n) is 3.19. The first-order chi connectivity index (χ1) is 11.7. The molecule has 1 aromatic heterocycles. The van der Waals surface area contributed by atoms with E-state index in [9.17, 15) is 18.0 Å². The van der Waals surface area contributed by atoms with Crippen LogP contribution in [0, 0.1) is 0 Å². The summed E-state index contributed by atoms with van der Waals surface area (Å²) in [5, 5.41) is 3.41. The van der Waals surface area contributed by atoms with Gasteiger partial charge < -0.3 is 14.6 Å². The normalized spacial score (nSPS) is 22.0. The predicted molar refractivity (Wildman–Crippen MR) is 93.0 cm³/mol. The second kappa shape index (κ2) is 6.18. The Morgan fingerprint density at radius 3 is 2.72 bits per heavy atom. The maximum atomic E-state index is 12.3. The van der Waals surface area contributed by atoms with Crippen LogP contribution in [0.5, 0.6) is 0 Å². The van der Waals surface area contributed by atoms with Gasteiger partial charge in [0.2, 0.25) is 0 Å². The predicted octanol–water partition coefficient (Wildman–Crippen LogP) is 1.03. The third kappa shape index (κ3) is 3.68. The first-order valence-electron chi connectivity index (χ1n) is 7.92. The summed E-state index contributed by atoms with van der Waals surface area (Å²) < 4.78 is 30.1. The molecule has 1 aromatic carbocycles. The van der Waals surface area contributed by atoms with Crippen molar-refractivity contribution in [1.29, 1.82) is 0 Å². The highest BCUT2D eigenvalue weighted by molar-refractivity contribution is 7.91. The van der Waals surface area contributed by atoms with Gasteiger partial charge in [-0.1, -0.05) is 18.2 Å². The highest BCUT2D eigenvalue weighted by atomic mass is 32.2. The molecule has 1 N–H and O–H groups in total. The average Bonchev–Trinajstić information content (AvgIpc) is 3.02. The molecule has 2 aromatic rings. The Morgan fingerprint density at radius 2 is 2.04 bits per heavy atom. The number of fused-ring (bicyclic) bond motifs is 1. The number of hydrogen-bond acceptors (Lipinski definition) is 5. The Balaban J connectivity index is 1.63. The van der Waals surface area contributed by atoms with Crippen LogP contribution < -0.4 is 5.32 Å². The zero-order chi connectivity index (χ0) is 18.2. The first kappa shape index (κ1) is 17.5. The summed E-state index contributed by atoms with van der Waals surface area (Å²) in [4.78, 5) is 24.3. The third-order valence-corrected chi connectivity index (χ3v) is 6.30. The van der Waals surface area contributed by atoms with E-state index in [0.29, 0.717) is 12.0 Å². The van der Waals surface area contributed by atoms with Crippen molar-refractivity contribution in [2.75, 3.05) is 18.1 Å². The van der Waals surface area contributed by atoms with Gasteiger partial charge in [0.25, 0.3) is 5.91 Å². The van der Waals surface area contributed by atoms with E-state index in [1.807, 2.05) is 35.9 Å². The van der Waals surface area contributed by atoms with E-state index in [-0.39, 0.29) is 11.5 Å². The molecule has 1 aliphatic heterocycles. The molecule has 1 fully saturated rings. The summed E-state index contributed by atoms with van der Waals surface area (Å²) in [6.45, 7) is 1.24. The minimum Gasteiger partial charge on any atom is -0.452 e. The van der Waals surface area contributed by atoms with Crippen LogP contribution in [-0.4, -0.2) is 48.5 Å². The van der Waals surface area contributed by atoms with Crippen LogP contribution in [0.2, 0.25) is 0 Å². The Bertz CT molecular complexity index is 947. The van der Waals surface area contributed by atoms with Crippen LogP contribution in [0.3, 0.4) is 0 Å². The summed E-state index contributed by atoms with van der Waals surface area (Å²) in [7, 11) is -1.29. The smallest absolute Gasteiger partial charge is 0.340 e. The highest BCUT2D eigenvalue weighted by Gasteiger charge is 2.39. The Labute approximate surface area is 145 Å². The molecule has 0 spiro atoms. The van der Waals surface area contributed by atoms with Crippen molar-refractivity contribution >= 4 is 32.6 Å². The van der Waals surface area contributed by atoms with Gasteiger partial charge in [0.05, 0.1) is 22.6 Å². The largest absolute Gasteiger partial charge is 0.452 e. The molecule has 25 heavy (non-hydrogen) atoms. The number of aromatic nitrogens is 1. The number of ether oxygens (including phenoxy) is 1. The molecule has 1 aliphatic rings. The number of carbonyl (C=O) groups excluding carboxylic acids is 2. The molecule has 0 radical (unpaired) electrons. The number of carbonyl (C=O) groups is 2. The lowest BCUT2D eigenvalue weighted by atomic mass is 10.0. The minimum atomic E-state index is -3.12. The molecule has 3 rings (SSSR count). The summed E-state index contributed by atoms with van der Waals surface area (Å²) in [6, 6.07) is 7.41. The molecule has 0 saturated carbocycles. The molecule has 0 aliphatic carbocycles. The molecule has 1 amide bonds. The van der Waals surface area contributed by atoms with Crippen molar-refractivity contribution < 1.29 is 22.7 Å². The van der Waals surface area contributed by atoms with Crippen LogP contribution in [0.15, 0.2) is 30.5 Å². The number of nitrogens with zero attached hydrogens (tertiary/aromatic N) is 1. The maximum absolute atomic E-state index is 12.3. The molecule has 134 valence electrons. The first-order valence-corrected chi connectivity index (χ1v) is 9.74. The van der Waals surface area contributed by atoms with Crippen molar-refractivity contribution in [3.05, 3.63) is 36.0 Å².